The van der Waals surface area contributed by atoms with E-state index in [1.807, 2.05) is 0 Å². The van der Waals surface area contributed by atoms with Crippen molar-refractivity contribution in [3.05, 3.63) is 34.5 Å². The molecule has 0 saturated carbocycles. The molecule has 0 radical (unpaired) electrons. The van der Waals surface area contributed by atoms with Crippen molar-refractivity contribution in [1.29, 1.82) is 0 Å². The minimum absolute atomic E-state index is 0.208. The summed E-state index contributed by atoms with van der Waals surface area (Å²) in [5.74, 6) is -1.90. The van der Waals surface area contributed by atoms with Gasteiger partial charge in [0.1, 0.15) is 5.82 Å². The highest BCUT2D eigenvalue weighted by Gasteiger charge is 2.37. The van der Waals surface area contributed by atoms with Gasteiger partial charge < -0.3 is 10.0 Å². The number of carbonyl (C=O) groups excluding carboxylic acids is 1. The average Bonchev–Trinajstić information content (AvgIpc) is 2.65. The van der Waals surface area contributed by atoms with Gasteiger partial charge in [-0.05, 0) is 24.6 Å². The fourth-order valence-corrected chi connectivity index (χ4v) is 3.59. The fraction of sp³-hybridized carbons (Fsp3) is 0.286. The lowest BCUT2D eigenvalue weighted by Crippen LogP contribution is -2.52. The summed E-state index contributed by atoms with van der Waals surface area (Å²) in [4.78, 5) is 25.1. The zero-order chi connectivity index (χ0) is 14.4. The summed E-state index contributed by atoms with van der Waals surface area (Å²) >= 11 is 1.25. The van der Waals surface area contributed by atoms with Crippen LogP contribution in [0.25, 0.3) is 10.1 Å². The van der Waals surface area contributed by atoms with E-state index >= 15 is 0 Å². The number of aliphatic carboxylic acids is 1. The Morgan fingerprint density at radius 3 is 2.70 bits per heavy atom. The number of thiophene rings is 1. The van der Waals surface area contributed by atoms with E-state index in [9.17, 15) is 14.0 Å². The molecule has 1 amide bonds. The summed E-state index contributed by atoms with van der Waals surface area (Å²) < 4.78 is 14.5. The normalized spacial score (nSPS) is 15.4. The highest BCUT2D eigenvalue weighted by molar-refractivity contribution is 7.21. The Bertz CT molecular complexity index is 719. The van der Waals surface area contributed by atoms with E-state index in [0.717, 1.165) is 4.70 Å². The Morgan fingerprint density at radius 2 is 2.10 bits per heavy atom. The highest BCUT2D eigenvalue weighted by Crippen LogP contribution is 2.34. The number of hydrogen-bond acceptors (Lipinski definition) is 3. The predicted octanol–water partition coefficient (Wildman–Crippen LogP) is 2.51. The van der Waals surface area contributed by atoms with Crippen LogP contribution in [0.4, 0.5) is 4.39 Å². The maximum atomic E-state index is 13.8. The molecule has 4 nitrogen and oxygen atoms in total. The molecule has 1 N–H and O–H groups in total. The lowest BCUT2D eigenvalue weighted by atomic mass is 10.00. The first-order valence-corrected chi connectivity index (χ1v) is 7.00. The topological polar surface area (TPSA) is 57.6 Å². The third-order valence-corrected chi connectivity index (χ3v) is 4.86. The Labute approximate surface area is 118 Å². The van der Waals surface area contributed by atoms with Crippen LogP contribution in [0, 0.1) is 18.7 Å². The second kappa shape index (κ2) is 4.56. The van der Waals surface area contributed by atoms with Crippen molar-refractivity contribution in [2.75, 3.05) is 13.1 Å². The van der Waals surface area contributed by atoms with Gasteiger partial charge in [0.05, 0.1) is 10.8 Å². The Hall–Kier alpha value is -1.95. The number of fused-ring (bicyclic) bond motifs is 1. The van der Waals surface area contributed by atoms with Gasteiger partial charge in [-0.25, -0.2) is 4.39 Å². The summed E-state index contributed by atoms with van der Waals surface area (Å²) in [5, 5.41) is 9.31. The molecule has 1 aliphatic heterocycles. The van der Waals surface area contributed by atoms with Crippen molar-refractivity contribution in [1.82, 2.24) is 4.90 Å². The fourth-order valence-electron chi connectivity index (χ4n) is 2.40. The smallest absolute Gasteiger partial charge is 0.310 e. The standard InChI is InChI=1S/C14H12FNO3S/c1-7-11-9(15)3-2-4-10(11)20-12(7)13(17)16-5-8(6-16)14(18)19/h2-4,8H,5-6H2,1H3,(H,18,19). The first-order valence-electron chi connectivity index (χ1n) is 6.18. The van der Waals surface area contributed by atoms with Crippen LogP contribution < -0.4 is 0 Å². The van der Waals surface area contributed by atoms with E-state index in [-0.39, 0.29) is 24.8 Å². The number of likely N-dealkylation sites (tertiary alicyclic amines) is 1. The number of nitrogens with zero attached hydrogens (tertiary/aromatic N) is 1. The molecule has 2 aromatic rings. The molecule has 2 heterocycles. The molecule has 0 aliphatic carbocycles. The zero-order valence-electron chi connectivity index (χ0n) is 10.7. The van der Waals surface area contributed by atoms with Crippen LogP contribution in [-0.2, 0) is 4.79 Å². The molecule has 0 bridgehead atoms. The molecule has 1 aromatic carbocycles. The molecule has 0 atom stereocenters. The van der Waals surface area contributed by atoms with Crippen LogP contribution in [0.5, 0.6) is 0 Å². The minimum Gasteiger partial charge on any atom is -0.481 e. The minimum atomic E-state index is -0.881. The number of rotatable bonds is 2. The number of hydrogen-bond donors (Lipinski definition) is 1. The number of carboxylic acids is 1. The first kappa shape index (κ1) is 13.1. The number of amides is 1. The van der Waals surface area contributed by atoms with Crippen molar-refractivity contribution in [2.24, 2.45) is 5.92 Å². The molecular formula is C14H12FNO3S. The average molecular weight is 293 g/mol. The molecule has 0 spiro atoms. The number of carbonyl (C=O) groups is 2. The van der Waals surface area contributed by atoms with Crippen LogP contribution in [0.2, 0.25) is 0 Å². The van der Waals surface area contributed by atoms with E-state index in [1.54, 1.807) is 19.1 Å². The monoisotopic (exact) mass is 293 g/mol. The number of carboxylic acid groups (broad SMARTS) is 1. The van der Waals surface area contributed by atoms with Crippen molar-refractivity contribution in [3.63, 3.8) is 0 Å². The van der Waals surface area contributed by atoms with E-state index in [2.05, 4.69) is 0 Å². The first-order chi connectivity index (χ1) is 9.49. The Morgan fingerprint density at radius 1 is 1.40 bits per heavy atom. The molecule has 6 heteroatoms. The quantitative estimate of drug-likeness (QED) is 0.925. The lowest BCUT2D eigenvalue weighted by molar-refractivity contribution is -0.146. The SMILES string of the molecule is Cc1c(C(=O)N2CC(C(=O)O)C2)sc2cccc(F)c12. The molecule has 1 aliphatic rings. The van der Waals surface area contributed by atoms with Crippen LogP contribution >= 0.6 is 11.3 Å². The van der Waals surface area contributed by atoms with Crippen molar-refractivity contribution in [2.45, 2.75) is 6.92 Å². The van der Waals surface area contributed by atoms with Gasteiger partial charge in [-0.1, -0.05) is 6.07 Å². The molecule has 1 aromatic heterocycles. The van der Waals surface area contributed by atoms with Gasteiger partial charge >= 0.3 is 5.97 Å². The third kappa shape index (κ3) is 1.87. The molecule has 0 unspecified atom stereocenters. The Balaban J connectivity index is 1.92. The molecule has 104 valence electrons. The van der Waals surface area contributed by atoms with Gasteiger partial charge in [-0.2, -0.15) is 0 Å². The molecular weight excluding hydrogens is 281 g/mol. The summed E-state index contributed by atoms with van der Waals surface area (Å²) in [6, 6.07) is 4.77. The second-order valence-electron chi connectivity index (χ2n) is 4.91. The highest BCUT2D eigenvalue weighted by atomic mass is 32.1. The van der Waals surface area contributed by atoms with Crippen molar-refractivity contribution in [3.8, 4) is 0 Å². The van der Waals surface area contributed by atoms with Gasteiger partial charge in [-0.15, -0.1) is 11.3 Å². The van der Waals surface area contributed by atoms with Gasteiger partial charge in [0.2, 0.25) is 0 Å². The van der Waals surface area contributed by atoms with Gasteiger partial charge in [0.15, 0.2) is 0 Å². The third-order valence-electron chi connectivity index (χ3n) is 3.62. The van der Waals surface area contributed by atoms with Crippen LogP contribution in [0.1, 0.15) is 15.2 Å². The largest absolute Gasteiger partial charge is 0.481 e. The number of benzene rings is 1. The summed E-state index contributed by atoms with van der Waals surface area (Å²) in [7, 11) is 0. The molecule has 1 fully saturated rings. The van der Waals surface area contributed by atoms with Crippen LogP contribution in [-0.4, -0.2) is 35.0 Å². The molecule has 20 heavy (non-hydrogen) atoms. The van der Waals surface area contributed by atoms with Gasteiger partial charge in [-0.3, -0.25) is 9.59 Å². The summed E-state index contributed by atoms with van der Waals surface area (Å²) in [6.07, 6.45) is 0. The molecule has 3 rings (SSSR count). The summed E-state index contributed by atoms with van der Waals surface area (Å²) in [6.45, 7) is 2.18. The maximum Gasteiger partial charge on any atom is 0.310 e. The van der Waals surface area contributed by atoms with E-state index < -0.39 is 11.9 Å². The molecule has 1 saturated heterocycles. The van der Waals surface area contributed by atoms with E-state index in [0.29, 0.717) is 15.8 Å². The number of halogens is 1. The Kier molecular flexibility index (Phi) is 2.97. The van der Waals surface area contributed by atoms with Gasteiger partial charge in [0, 0.05) is 23.2 Å². The van der Waals surface area contributed by atoms with Crippen LogP contribution in [0.3, 0.4) is 0 Å². The maximum absolute atomic E-state index is 13.8. The van der Waals surface area contributed by atoms with Gasteiger partial charge in [0.25, 0.3) is 5.91 Å². The second-order valence-corrected chi connectivity index (χ2v) is 5.97. The van der Waals surface area contributed by atoms with Crippen LogP contribution in [0.15, 0.2) is 18.2 Å². The van der Waals surface area contributed by atoms with Crippen molar-refractivity contribution >= 4 is 33.3 Å². The zero-order valence-corrected chi connectivity index (χ0v) is 11.5. The van der Waals surface area contributed by atoms with Crippen molar-refractivity contribution < 1.29 is 19.1 Å². The number of aryl methyl sites for hydroxylation is 1. The predicted molar refractivity (Wildman–Crippen MR) is 73.5 cm³/mol. The van der Waals surface area contributed by atoms with E-state index in [4.69, 9.17) is 5.11 Å². The van der Waals surface area contributed by atoms with E-state index in [1.165, 1.54) is 22.3 Å². The summed E-state index contributed by atoms with van der Waals surface area (Å²) in [5.41, 5.74) is 0.631. The lowest BCUT2D eigenvalue weighted by Gasteiger charge is -2.36.